The van der Waals surface area contributed by atoms with Gasteiger partial charge in [-0.25, -0.2) is 0 Å². The number of hydrogen-bond donors (Lipinski definition) is 1. The minimum atomic E-state index is -0.278. The van der Waals surface area contributed by atoms with E-state index in [2.05, 4.69) is 42.9 Å². The molecule has 104 valence electrons. The third-order valence-electron chi connectivity index (χ3n) is 2.89. The lowest BCUT2D eigenvalue weighted by Gasteiger charge is -2.28. The van der Waals surface area contributed by atoms with Crippen LogP contribution in [0.3, 0.4) is 0 Å². The van der Waals surface area contributed by atoms with E-state index >= 15 is 0 Å². The monoisotopic (exact) mass is 245 g/mol. The molecule has 0 aliphatic heterocycles. The van der Waals surface area contributed by atoms with Crippen LogP contribution in [0.2, 0.25) is 0 Å². The van der Waals surface area contributed by atoms with Crippen LogP contribution in [0.25, 0.3) is 0 Å². The lowest BCUT2D eigenvalue weighted by atomic mass is 10.2. The van der Waals surface area contributed by atoms with Gasteiger partial charge in [-0.2, -0.15) is 0 Å². The quantitative estimate of drug-likeness (QED) is 0.580. The summed E-state index contributed by atoms with van der Waals surface area (Å²) in [6.07, 6.45) is 2.77. The van der Waals surface area contributed by atoms with Crippen molar-refractivity contribution in [3.63, 3.8) is 0 Å². The second-order valence-corrected chi connectivity index (χ2v) is 5.24. The Morgan fingerprint density at radius 2 is 1.24 bits per heavy atom. The molecule has 1 atom stereocenters. The summed E-state index contributed by atoms with van der Waals surface area (Å²) in [5.41, 5.74) is 0. The molecule has 0 aliphatic rings. The molecule has 0 fully saturated rings. The maximum Gasteiger partial charge on any atom is 0.107 e. The fraction of sp³-hybridized carbons (Fsp3) is 1.00. The van der Waals surface area contributed by atoms with Gasteiger partial charge in [0.25, 0.3) is 0 Å². The molecule has 0 aliphatic carbocycles. The summed E-state index contributed by atoms with van der Waals surface area (Å²) < 4.78 is 0. The average Bonchev–Trinajstić information content (AvgIpc) is 2.25. The molecule has 1 unspecified atom stereocenters. The Hall–Kier alpha value is -0.160. The molecule has 0 radical (unpaired) electrons. The highest BCUT2D eigenvalue weighted by atomic mass is 16.3. The molecule has 0 aromatic rings. The Bertz CT molecular complexity index is 160. The van der Waals surface area contributed by atoms with E-state index in [9.17, 15) is 5.11 Å². The second kappa shape index (κ2) is 9.83. The van der Waals surface area contributed by atoms with E-state index in [1.807, 2.05) is 6.92 Å². The van der Waals surface area contributed by atoms with Crippen LogP contribution in [0.5, 0.6) is 0 Å². The highest BCUT2D eigenvalue weighted by molar-refractivity contribution is 4.63. The zero-order valence-electron chi connectivity index (χ0n) is 12.3. The van der Waals surface area contributed by atoms with Crippen molar-refractivity contribution in [2.45, 2.75) is 32.4 Å². The SMILES string of the molecule is CCC(O)N(CCCN(C)C)CCCN(C)C. The third kappa shape index (κ3) is 9.53. The fourth-order valence-corrected chi connectivity index (χ4v) is 1.85. The van der Waals surface area contributed by atoms with Crippen LogP contribution < -0.4 is 0 Å². The van der Waals surface area contributed by atoms with Crippen LogP contribution in [0.4, 0.5) is 0 Å². The van der Waals surface area contributed by atoms with Crippen molar-refractivity contribution >= 4 is 0 Å². The molecule has 0 aromatic heterocycles. The van der Waals surface area contributed by atoms with E-state index in [0.29, 0.717) is 0 Å². The molecule has 4 heteroatoms. The summed E-state index contributed by atoms with van der Waals surface area (Å²) in [6, 6.07) is 0. The second-order valence-electron chi connectivity index (χ2n) is 5.24. The predicted octanol–water partition coefficient (Wildman–Crippen LogP) is 0.920. The Morgan fingerprint density at radius 3 is 1.53 bits per heavy atom. The molecule has 0 heterocycles. The normalized spacial score (nSPS) is 13.9. The zero-order valence-corrected chi connectivity index (χ0v) is 12.3. The Balaban J connectivity index is 3.88. The number of aliphatic hydroxyl groups excluding tert-OH is 1. The summed E-state index contributed by atoms with van der Waals surface area (Å²) in [4.78, 5) is 6.58. The van der Waals surface area contributed by atoms with Crippen LogP contribution in [0, 0.1) is 0 Å². The first kappa shape index (κ1) is 16.8. The number of nitrogens with zero attached hydrogens (tertiary/aromatic N) is 3. The summed E-state index contributed by atoms with van der Waals surface area (Å²) in [6.45, 7) is 6.18. The van der Waals surface area contributed by atoms with Crippen molar-refractivity contribution in [2.75, 3.05) is 54.4 Å². The van der Waals surface area contributed by atoms with Gasteiger partial charge in [-0.15, -0.1) is 0 Å². The van der Waals surface area contributed by atoms with Crippen LogP contribution in [-0.2, 0) is 0 Å². The third-order valence-corrected chi connectivity index (χ3v) is 2.89. The minimum Gasteiger partial charge on any atom is -0.378 e. The van der Waals surface area contributed by atoms with E-state index in [-0.39, 0.29) is 6.23 Å². The molecular formula is C13H31N3O. The van der Waals surface area contributed by atoms with Crippen molar-refractivity contribution in [3.8, 4) is 0 Å². The smallest absolute Gasteiger partial charge is 0.107 e. The molecule has 1 N–H and O–H groups in total. The van der Waals surface area contributed by atoms with E-state index in [1.165, 1.54) is 0 Å². The lowest BCUT2D eigenvalue weighted by molar-refractivity contribution is -0.00200. The maximum atomic E-state index is 9.95. The fourth-order valence-electron chi connectivity index (χ4n) is 1.85. The molecular weight excluding hydrogens is 214 g/mol. The molecule has 0 saturated carbocycles. The largest absolute Gasteiger partial charge is 0.378 e. The Morgan fingerprint density at radius 1 is 0.824 bits per heavy atom. The van der Waals surface area contributed by atoms with Crippen molar-refractivity contribution in [1.82, 2.24) is 14.7 Å². The van der Waals surface area contributed by atoms with Gasteiger partial charge in [0.05, 0.1) is 0 Å². The first-order chi connectivity index (χ1) is 7.97. The van der Waals surface area contributed by atoms with Gasteiger partial charge >= 0.3 is 0 Å². The van der Waals surface area contributed by atoms with E-state index in [4.69, 9.17) is 0 Å². The van der Waals surface area contributed by atoms with Crippen LogP contribution in [-0.4, -0.2) is 80.4 Å². The summed E-state index contributed by atoms with van der Waals surface area (Å²) in [5, 5.41) is 9.95. The molecule has 0 aromatic carbocycles. The predicted molar refractivity (Wildman–Crippen MR) is 74.2 cm³/mol. The molecule has 0 spiro atoms. The van der Waals surface area contributed by atoms with Crippen LogP contribution >= 0.6 is 0 Å². The molecule has 4 nitrogen and oxygen atoms in total. The first-order valence-corrected chi connectivity index (χ1v) is 6.69. The Kier molecular flexibility index (Phi) is 9.74. The highest BCUT2D eigenvalue weighted by Crippen LogP contribution is 2.04. The lowest BCUT2D eigenvalue weighted by Crippen LogP contribution is -2.38. The van der Waals surface area contributed by atoms with Gasteiger partial charge in [-0.1, -0.05) is 6.92 Å². The molecule has 0 amide bonds. The van der Waals surface area contributed by atoms with Crippen LogP contribution in [0.1, 0.15) is 26.2 Å². The van der Waals surface area contributed by atoms with Crippen LogP contribution in [0.15, 0.2) is 0 Å². The van der Waals surface area contributed by atoms with Crippen molar-refractivity contribution in [2.24, 2.45) is 0 Å². The van der Waals surface area contributed by atoms with Gasteiger partial charge in [0.2, 0.25) is 0 Å². The van der Waals surface area contributed by atoms with Gasteiger partial charge in [0.15, 0.2) is 0 Å². The highest BCUT2D eigenvalue weighted by Gasteiger charge is 2.12. The minimum absolute atomic E-state index is 0.278. The first-order valence-electron chi connectivity index (χ1n) is 6.69. The van der Waals surface area contributed by atoms with Gasteiger partial charge in [0.1, 0.15) is 6.23 Å². The molecule has 0 saturated heterocycles. The van der Waals surface area contributed by atoms with Gasteiger partial charge in [-0.05, 0) is 60.5 Å². The average molecular weight is 245 g/mol. The van der Waals surface area contributed by atoms with Crippen molar-refractivity contribution in [1.29, 1.82) is 0 Å². The summed E-state index contributed by atoms with van der Waals surface area (Å²) in [5.74, 6) is 0. The molecule has 0 rings (SSSR count). The Labute approximate surface area is 107 Å². The van der Waals surface area contributed by atoms with E-state index in [0.717, 1.165) is 45.4 Å². The zero-order chi connectivity index (χ0) is 13.3. The number of hydrogen-bond acceptors (Lipinski definition) is 4. The summed E-state index contributed by atoms with van der Waals surface area (Å²) in [7, 11) is 8.36. The summed E-state index contributed by atoms with van der Waals surface area (Å²) >= 11 is 0. The van der Waals surface area contributed by atoms with Crippen molar-refractivity contribution in [3.05, 3.63) is 0 Å². The molecule has 17 heavy (non-hydrogen) atoms. The van der Waals surface area contributed by atoms with Gasteiger partial charge < -0.3 is 14.9 Å². The standard InChI is InChI=1S/C13H31N3O/c1-6-13(17)16(11-7-9-14(2)3)12-8-10-15(4)5/h13,17H,6-12H2,1-5H3. The van der Waals surface area contributed by atoms with Gasteiger partial charge in [0, 0.05) is 13.1 Å². The number of rotatable bonds is 10. The topological polar surface area (TPSA) is 30.0 Å². The van der Waals surface area contributed by atoms with Crippen molar-refractivity contribution < 1.29 is 5.11 Å². The van der Waals surface area contributed by atoms with E-state index < -0.39 is 0 Å². The number of aliphatic hydroxyl groups is 1. The van der Waals surface area contributed by atoms with Gasteiger partial charge in [-0.3, -0.25) is 4.90 Å². The maximum absolute atomic E-state index is 9.95. The van der Waals surface area contributed by atoms with E-state index in [1.54, 1.807) is 0 Å². The molecule has 0 bridgehead atoms.